The third-order valence-electron chi connectivity index (χ3n) is 1.85. The van der Waals surface area contributed by atoms with Crippen LogP contribution in [0.1, 0.15) is 19.5 Å². The Morgan fingerprint density at radius 2 is 2.00 bits per heavy atom. The van der Waals surface area contributed by atoms with Crippen LogP contribution in [0.3, 0.4) is 0 Å². The summed E-state index contributed by atoms with van der Waals surface area (Å²) in [5.41, 5.74) is 1.99. The van der Waals surface area contributed by atoms with Gasteiger partial charge in [-0.2, -0.15) is 0 Å². The fourth-order valence-electron chi connectivity index (χ4n) is 1.22. The zero-order valence-corrected chi connectivity index (χ0v) is 9.07. The SMILES string of the molecule is CC.CNc1nccn2c(C)cnc12. The van der Waals surface area contributed by atoms with E-state index in [0.717, 1.165) is 17.2 Å². The van der Waals surface area contributed by atoms with Crippen LogP contribution in [-0.4, -0.2) is 21.4 Å². The average molecular weight is 192 g/mol. The number of nitrogens with one attached hydrogen (secondary N) is 1. The van der Waals surface area contributed by atoms with Crippen molar-refractivity contribution in [2.24, 2.45) is 0 Å². The van der Waals surface area contributed by atoms with Gasteiger partial charge in [0.2, 0.25) is 0 Å². The van der Waals surface area contributed by atoms with E-state index in [9.17, 15) is 0 Å². The molecule has 0 aromatic carbocycles. The van der Waals surface area contributed by atoms with Gasteiger partial charge in [0.1, 0.15) is 0 Å². The van der Waals surface area contributed by atoms with Crippen molar-refractivity contribution in [3.8, 4) is 0 Å². The molecule has 0 aliphatic carbocycles. The highest BCUT2D eigenvalue weighted by atomic mass is 15.1. The van der Waals surface area contributed by atoms with E-state index in [1.54, 1.807) is 6.20 Å². The second-order valence-electron chi connectivity index (χ2n) is 2.62. The second kappa shape index (κ2) is 4.60. The number of anilines is 1. The van der Waals surface area contributed by atoms with Crippen molar-refractivity contribution < 1.29 is 0 Å². The first-order valence-electron chi connectivity index (χ1n) is 4.79. The second-order valence-corrected chi connectivity index (χ2v) is 2.62. The Morgan fingerprint density at radius 3 is 2.64 bits per heavy atom. The third kappa shape index (κ3) is 1.69. The minimum atomic E-state index is 0.811. The molecular weight excluding hydrogens is 176 g/mol. The lowest BCUT2D eigenvalue weighted by Gasteiger charge is -2.00. The summed E-state index contributed by atoms with van der Waals surface area (Å²) in [6.45, 7) is 6.01. The quantitative estimate of drug-likeness (QED) is 0.752. The largest absolute Gasteiger partial charge is 0.370 e. The molecule has 4 nitrogen and oxygen atoms in total. The number of imidazole rings is 1. The van der Waals surface area contributed by atoms with E-state index in [-0.39, 0.29) is 0 Å². The molecule has 2 heterocycles. The number of aryl methyl sites for hydroxylation is 1. The Kier molecular flexibility index (Phi) is 3.45. The molecule has 14 heavy (non-hydrogen) atoms. The molecule has 0 saturated carbocycles. The van der Waals surface area contributed by atoms with E-state index in [2.05, 4.69) is 15.3 Å². The summed E-state index contributed by atoms with van der Waals surface area (Å²) in [5.74, 6) is 0.811. The van der Waals surface area contributed by atoms with E-state index in [4.69, 9.17) is 0 Å². The maximum absolute atomic E-state index is 4.23. The highest BCUT2D eigenvalue weighted by Crippen LogP contribution is 2.11. The molecule has 4 heteroatoms. The first-order valence-corrected chi connectivity index (χ1v) is 4.79. The van der Waals surface area contributed by atoms with Crippen molar-refractivity contribution in [1.29, 1.82) is 0 Å². The lowest BCUT2D eigenvalue weighted by Crippen LogP contribution is -1.97. The number of nitrogens with zero attached hydrogens (tertiary/aromatic N) is 3. The van der Waals surface area contributed by atoms with E-state index in [1.165, 1.54) is 0 Å². The lowest BCUT2D eigenvalue weighted by atomic mass is 10.5. The van der Waals surface area contributed by atoms with Crippen LogP contribution in [0.25, 0.3) is 5.65 Å². The molecule has 0 unspecified atom stereocenters. The fraction of sp³-hybridized carbons (Fsp3) is 0.400. The first-order chi connectivity index (χ1) is 6.83. The molecule has 0 atom stereocenters. The molecule has 2 aromatic heterocycles. The number of hydrogen-bond acceptors (Lipinski definition) is 3. The summed E-state index contributed by atoms with van der Waals surface area (Å²) >= 11 is 0. The van der Waals surface area contributed by atoms with Crippen molar-refractivity contribution in [1.82, 2.24) is 14.4 Å². The fourth-order valence-corrected chi connectivity index (χ4v) is 1.22. The molecule has 0 aliphatic rings. The van der Waals surface area contributed by atoms with Crippen LogP contribution in [0.15, 0.2) is 18.6 Å². The van der Waals surface area contributed by atoms with Gasteiger partial charge in [-0.1, -0.05) is 13.8 Å². The van der Waals surface area contributed by atoms with Crippen LogP contribution >= 0.6 is 0 Å². The number of hydrogen-bond donors (Lipinski definition) is 1. The normalized spacial score (nSPS) is 9.43. The average Bonchev–Trinajstić information content (AvgIpc) is 2.64. The highest BCUT2D eigenvalue weighted by Gasteiger charge is 2.02. The monoisotopic (exact) mass is 192 g/mol. The van der Waals surface area contributed by atoms with Gasteiger partial charge >= 0.3 is 0 Å². The standard InChI is InChI=1S/C8H10N4.C2H6/c1-6-5-11-8-7(9-2)10-3-4-12(6)8;1-2/h3-5H,1-2H3,(H,9,10);1-2H3. The van der Waals surface area contributed by atoms with Crippen molar-refractivity contribution in [2.75, 3.05) is 12.4 Å². The number of rotatable bonds is 1. The van der Waals surface area contributed by atoms with Gasteiger partial charge in [0, 0.05) is 31.3 Å². The highest BCUT2D eigenvalue weighted by molar-refractivity contribution is 5.62. The smallest absolute Gasteiger partial charge is 0.180 e. The summed E-state index contributed by atoms with van der Waals surface area (Å²) in [6, 6.07) is 0. The van der Waals surface area contributed by atoms with Gasteiger partial charge in [0.25, 0.3) is 0 Å². The van der Waals surface area contributed by atoms with Crippen LogP contribution < -0.4 is 5.32 Å². The first kappa shape index (κ1) is 10.5. The van der Waals surface area contributed by atoms with Gasteiger partial charge < -0.3 is 5.32 Å². The van der Waals surface area contributed by atoms with Crippen LogP contribution in [0.2, 0.25) is 0 Å². The minimum Gasteiger partial charge on any atom is -0.370 e. The van der Waals surface area contributed by atoms with Crippen LogP contribution in [-0.2, 0) is 0 Å². The summed E-state index contributed by atoms with van der Waals surface area (Å²) in [7, 11) is 1.84. The molecule has 0 spiro atoms. The van der Waals surface area contributed by atoms with Crippen molar-refractivity contribution in [3.05, 3.63) is 24.3 Å². The Morgan fingerprint density at radius 1 is 1.29 bits per heavy atom. The third-order valence-corrected chi connectivity index (χ3v) is 1.85. The zero-order chi connectivity index (χ0) is 10.6. The van der Waals surface area contributed by atoms with E-state index in [1.807, 2.05) is 44.6 Å². The van der Waals surface area contributed by atoms with Gasteiger partial charge in [0.05, 0.1) is 0 Å². The van der Waals surface area contributed by atoms with Crippen molar-refractivity contribution >= 4 is 11.5 Å². The lowest BCUT2D eigenvalue weighted by molar-refractivity contribution is 1.07. The van der Waals surface area contributed by atoms with Gasteiger partial charge in [0.15, 0.2) is 11.5 Å². The van der Waals surface area contributed by atoms with Gasteiger partial charge in [-0.3, -0.25) is 4.40 Å². The summed E-state index contributed by atoms with van der Waals surface area (Å²) < 4.78 is 2.00. The molecule has 0 saturated heterocycles. The van der Waals surface area contributed by atoms with Gasteiger partial charge in [-0.05, 0) is 6.92 Å². The van der Waals surface area contributed by atoms with E-state index in [0.29, 0.717) is 0 Å². The molecule has 1 N–H and O–H groups in total. The Labute approximate surface area is 84.0 Å². The molecule has 0 fully saturated rings. The molecule has 2 aromatic rings. The summed E-state index contributed by atoms with van der Waals surface area (Å²) in [5, 5.41) is 2.99. The Bertz CT molecular complexity index is 405. The molecule has 76 valence electrons. The minimum absolute atomic E-state index is 0.811. The van der Waals surface area contributed by atoms with Crippen LogP contribution in [0.4, 0.5) is 5.82 Å². The Balaban J connectivity index is 0.000000461. The zero-order valence-electron chi connectivity index (χ0n) is 9.07. The number of fused-ring (bicyclic) bond motifs is 1. The predicted octanol–water partition coefficient (Wildman–Crippen LogP) is 2.11. The molecule has 0 amide bonds. The predicted molar refractivity (Wildman–Crippen MR) is 58.6 cm³/mol. The van der Waals surface area contributed by atoms with Gasteiger partial charge in [-0.25, -0.2) is 9.97 Å². The molecule has 0 bridgehead atoms. The number of aromatic nitrogens is 3. The molecule has 0 aliphatic heterocycles. The molecule has 0 radical (unpaired) electrons. The maximum Gasteiger partial charge on any atom is 0.180 e. The topological polar surface area (TPSA) is 42.2 Å². The van der Waals surface area contributed by atoms with Gasteiger partial charge in [-0.15, -0.1) is 0 Å². The van der Waals surface area contributed by atoms with E-state index < -0.39 is 0 Å². The van der Waals surface area contributed by atoms with Crippen LogP contribution in [0.5, 0.6) is 0 Å². The van der Waals surface area contributed by atoms with Crippen LogP contribution in [0, 0.1) is 6.92 Å². The molecular formula is C10H16N4. The summed E-state index contributed by atoms with van der Waals surface area (Å²) in [4.78, 5) is 8.37. The van der Waals surface area contributed by atoms with E-state index >= 15 is 0 Å². The summed E-state index contributed by atoms with van der Waals surface area (Å²) in [6.07, 6.45) is 5.49. The maximum atomic E-state index is 4.23. The Hall–Kier alpha value is -1.58. The molecule has 2 rings (SSSR count). The van der Waals surface area contributed by atoms with Crippen molar-refractivity contribution in [2.45, 2.75) is 20.8 Å². The van der Waals surface area contributed by atoms with Crippen molar-refractivity contribution in [3.63, 3.8) is 0 Å².